The van der Waals surface area contributed by atoms with Gasteiger partial charge in [0.2, 0.25) is 0 Å². The van der Waals surface area contributed by atoms with Crippen LogP contribution in [0.25, 0.3) is 6.08 Å². The van der Waals surface area contributed by atoms with Gasteiger partial charge in [0.25, 0.3) is 5.91 Å². The van der Waals surface area contributed by atoms with Crippen molar-refractivity contribution in [3.05, 3.63) is 47.1 Å². The number of aromatic nitrogens is 3. The van der Waals surface area contributed by atoms with Crippen molar-refractivity contribution < 1.29 is 14.7 Å². The third kappa shape index (κ3) is 3.53. The van der Waals surface area contributed by atoms with Crippen LogP contribution in [0, 0.1) is 13.8 Å². The Kier molecular flexibility index (Phi) is 4.13. The Morgan fingerprint density at radius 2 is 2.10 bits per heavy atom. The van der Waals surface area contributed by atoms with Gasteiger partial charge in [-0.2, -0.15) is 5.10 Å². The van der Waals surface area contributed by atoms with Crippen molar-refractivity contribution in [1.82, 2.24) is 15.2 Å². The molecule has 2 aromatic heterocycles. The van der Waals surface area contributed by atoms with Crippen LogP contribution in [0.4, 0.5) is 5.69 Å². The highest BCUT2D eigenvalue weighted by atomic mass is 16.4. The lowest BCUT2D eigenvalue weighted by atomic mass is 10.2. The Morgan fingerprint density at radius 3 is 2.71 bits per heavy atom. The second-order valence-corrected chi connectivity index (χ2v) is 4.44. The van der Waals surface area contributed by atoms with E-state index in [0.717, 1.165) is 11.8 Å². The van der Waals surface area contributed by atoms with E-state index in [1.807, 2.05) is 0 Å². The molecule has 0 aliphatic carbocycles. The van der Waals surface area contributed by atoms with E-state index in [0.29, 0.717) is 22.5 Å². The molecule has 0 atom stereocenters. The second kappa shape index (κ2) is 6.00. The first kappa shape index (κ1) is 14.4. The molecule has 0 saturated carbocycles. The highest BCUT2D eigenvalue weighted by Crippen LogP contribution is 2.17. The summed E-state index contributed by atoms with van der Waals surface area (Å²) in [5, 5.41) is 18.1. The first-order chi connectivity index (χ1) is 9.97. The minimum atomic E-state index is -1.06. The summed E-state index contributed by atoms with van der Waals surface area (Å²) in [6, 6.07) is 1.56. The Labute approximate surface area is 120 Å². The molecule has 0 unspecified atom stereocenters. The van der Waals surface area contributed by atoms with Crippen LogP contribution in [0.2, 0.25) is 0 Å². The fraction of sp³-hybridized carbons (Fsp3) is 0.143. The van der Waals surface area contributed by atoms with E-state index in [9.17, 15) is 9.59 Å². The summed E-state index contributed by atoms with van der Waals surface area (Å²) in [5.74, 6) is -1.39. The average Bonchev–Trinajstić information content (AvgIpc) is 2.77. The standard InChI is InChI=1S/C14H14N4O3/c1-8-13(9(2)18-17-8)16-14(21)11-5-10(6-15-7-11)3-4-12(19)20/h3-7H,1-2H3,(H,16,21)(H,17,18)(H,19,20). The zero-order chi connectivity index (χ0) is 15.4. The van der Waals surface area contributed by atoms with Gasteiger partial charge in [0.1, 0.15) is 0 Å². The molecule has 7 nitrogen and oxygen atoms in total. The molecule has 0 radical (unpaired) electrons. The first-order valence-electron chi connectivity index (χ1n) is 6.16. The number of carboxylic acids is 1. The van der Waals surface area contributed by atoms with Crippen molar-refractivity contribution >= 4 is 23.6 Å². The maximum Gasteiger partial charge on any atom is 0.328 e. The second-order valence-electron chi connectivity index (χ2n) is 4.44. The molecular weight excluding hydrogens is 272 g/mol. The van der Waals surface area contributed by atoms with E-state index in [1.165, 1.54) is 18.5 Å². The number of aryl methyl sites for hydroxylation is 2. The van der Waals surface area contributed by atoms with Crippen LogP contribution < -0.4 is 5.32 Å². The van der Waals surface area contributed by atoms with Crippen molar-refractivity contribution in [2.24, 2.45) is 0 Å². The number of nitrogens with one attached hydrogen (secondary N) is 2. The van der Waals surface area contributed by atoms with Crippen LogP contribution in [0.5, 0.6) is 0 Å². The number of hydrogen-bond donors (Lipinski definition) is 3. The minimum Gasteiger partial charge on any atom is -0.478 e. The number of nitrogens with zero attached hydrogens (tertiary/aromatic N) is 2. The number of carbonyl (C=O) groups is 2. The van der Waals surface area contributed by atoms with E-state index < -0.39 is 5.97 Å². The van der Waals surface area contributed by atoms with Crippen LogP contribution >= 0.6 is 0 Å². The number of pyridine rings is 1. The number of anilines is 1. The molecule has 0 aliphatic heterocycles. The molecule has 0 aromatic carbocycles. The molecule has 108 valence electrons. The molecular formula is C14H14N4O3. The fourth-order valence-corrected chi connectivity index (χ4v) is 1.76. The van der Waals surface area contributed by atoms with Crippen molar-refractivity contribution in [3.63, 3.8) is 0 Å². The predicted octanol–water partition coefficient (Wildman–Crippen LogP) is 1.77. The van der Waals surface area contributed by atoms with Gasteiger partial charge in [-0.05, 0) is 31.6 Å². The van der Waals surface area contributed by atoms with Crippen LogP contribution in [0.15, 0.2) is 24.5 Å². The molecule has 1 amide bonds. The predicted molar refractivity (Wildman–Crippen MR) is 76.9 cm³/mol. The molecule has 0 fully saturated rings. The summed E-state index contributed by atoms with van der Waals surface area (Å²) in [6.45, 7) is 3.59. The number of aromatic amines is 1. The highest BCUT2D eigenvalue weighted by molar-refractivity contribution is 6.05. The zero-order valence-corrected chi connectivity index (χ0v) is 11.5. The Hall–Kier alpha value is -2.96. The van der Waals surface area contributed by atoms with E-state index in [-0.39, 0.29) is 5.91 Å². The molecule has 2 rings (SSSR count). The normalized spacial score (nSPS) is 10.8. The van der Waals surface area contributed by atoms with Gasteiger partial charge < -0.3 is 10.4 Å². The van der Waals surface area contributed by atoms with Crippen LogP contribution in [0.3, 0.4) is 0 Å². The summed E-state index contributed by atoms with van der Waals surface area (Å²) in [5.41, 5.74) is 2.95. The molecule has 3 N–H and O–H groups in total. The molecule has 0 saturated heterocycles. The maximum atomic E-state index is 12.2. The fourth-order valence-electron chi connectivity index (χ4n) is 1.76. The van der Waals surface area contributed by atoms with Gasteiger partial charge in [0, 0.05) is 18.5 Å². The summed E-state index contributed by atoms with van der Waals surface area (Å²) in [7, 11) is 0. The SMILES string of the molecule is Cc1n[nH]c(C)c1NC(=O)c1cncc(C=CC(=O)O)c1. The lowest BCUT2D eigenvalue weighted by Crippen LogP contribution is -2.13. The van der Waals surface area contributed by atoms with Gasteiger partial charge in [0.15, 0.2) is 0 Å². The molecule has 21 heavy (non-hydrogen) atoms. The molecule has 2 aromatic rings. The van der Waals surface area contributed by atoms with Crippen molar-refractivity contribution in [2.45, 2.75) is 13.8 Å². The smallest absolute Gasteiger partial charge is 0.328 e. The minimum absolute atomic E-state index is 0.333. The molecule has 0 aliphatic rings. The number of H-pyrrole nitrogens is 1. The highest BCUT2D eigenvalue weighted by Gasteiger charge is 2.12. The number of amides is 1. The quantitative estimate of drug-likeness (QED) is 0.742. The van der Waals surface area contributed by atoms with E-state index in [1.54, 1.807) is 19.9 Å². The van der Waals surface area contributed by atoms with Crippen LogP contribution in [-0.4, -0.2) is 32.2 Å². The zero-order valence-electron chi connectivity index (χ0n) is 11.5. The van der Waals surface area contributed by atoms with Gasteiger partial charge in [-0.3, -0.25) is 14.9 Å². The average molecular weight is 286 g/mol. The van der Waals surface area contributed by atoms with Crippen LogP contribution in [0.1, 0.15) is 27.3 Å². The van der Waals surface area contributed by atoms with Crippen molar-refractivity contribution in [2.75, 3.05) is 5.32 Å². The number of carbonyl (C=O) groups excluding carboxylic acids is 1. The third-order valence-electron chi connectivity index (χ3n) is 2.81. The summed E-state index contributed by atoms with van der Waals surface area (Å²) < 4.78 is 0. The van der Waals surface area contributed by atoms with Gasteiger partial charge >= 0.3 is 5.97 Å². The number of carboxylic acid groups (broad SMARTS) is 1. The number of aliphatic carboxylic acids is 1. The van der Waals surface area contributed by atoms with Crippen molar-refractivity contribution in [3.8, 4) is 0 Å². The number of rotatable bonds is 4. The molecule has 7 heteroatoms. The third-order valence-corrected chi connectivity index (χ3v) is 2.81. The van der Waals surface area contributed by atoms with Gasteiger partial charge in [-0.15, -0.1) is 0 Å². The Bertz CT molecular complexity index is 699. The number of hydrogen-bond acceptors (Lipinski definition) is 4. The van der Waals surface area contributed by atoms with Gasteiger partial charge in [-0.1, -0.05) is 0 Å². The summed E-state index contributed by atoms with van der Waals surface area (Å²) in [6.07, 6.45) is 5.26. The maximum absolute atomic E-state index is 12.2. The van der Waals surface area contributed by atoms with E-state index in [2.05, 4.69) is 20.5 Å². The largest absolute Gasteiger partial charge is 0.478 e. The monoisotopic (exact) mass is 286 g/mol. The Morgan fingerprint density at radius 1 is 1.33 bits per heavy atom. The molecule has 0 bridgehead atoms. The first-order valence-corrected chi connectivity index (χ1v) is 6.16. The molecule has 2 heterocycles. The van der Waals surface area contributed by atoms with Crippen molar-refractivity contribution in [1.29, 1.82) is 0 Å². The topological polar surface area (TPSA) is 108 Å². The Balaban J connectivity index is 2.20. The lowest BCUT2D eigenvalue weighted by Gasteiger charge is -2.05. The van der Waals surface area contributed by atoms with E-state index in [4.69, 9.17) is 5.11 Å². The molecule has 0 spiro atoms. The van der Waals surface area contributed by atoms with Crippen LogP contribution in [-0.2, 0) is 4.79 Å². The summed E-state index contributed by atoms with van der Waals surface area (Å²) >= 11 is 0. The summed E-state index contributed by atoms with van der Waals surface area (Å²) in [4.78, 5) is 26.6. The van der Waals surface area contributed by atoms with Gasteiger partial charge in [-0.25, -0.2) is 4.79 Å². The lowest BCUT2D eigenvalue weighted by molar-refractivity contribution is -0.131. The van der Waals surface area contributed by atoms with Gasteiger partial charge in [0.05, 0.1) is 22.6 Å². The van der Waals surface area contributed by atoms with E-state index >= 15 is 0 Å².